The number of alkyl halides is 3. The highest BCUT2D eigenvalue weighted by molar-refractivity contribution is 5.92. The second-order valence-corrected chi connectivity index (χ2v) is 6.61. The molecule has 3 heterocycles. The molecule has 0 aromatic carbocycles. The van der Waals surface area contributed by atoms with Crippen molar-refractivity contribution in [2.45, 2.75) is 32.5 Å². The molecule has 1 saturated heterocycles. The summed E-state index contributed by atoms with van der Waals surface area (Å²) < 4.78 is 43.1. The molecule has 1 fully saturated rings. The quantitative estimate of drug-likeness (QED) is 0.849. The first kappa shape index (κ1) is 18.5. The number of carbonyl (C=O) groups is 1. The van der Waals surface area contributed by atoms with Gasteiger partial charge in [-0.1, -0.05) is 0 Å². The topological polar surface area (TPSA) is 74.2 Å². The maximum atomic E-state index is 12.5. The molecule has 0 radical (unpaired) electrons. The fourth-order valence-corrected chi connectivity index (χ4v) is 3.05. The predicted molar refractivity (Wildman–Crippen MR) is 87.4 cm³/mol. The molecule has 142 valence electrons. The lowest BCUT2D eigenvalue weighted by atomic mass is 9.96. The average Bonchev–Trinajstić information content (AvgIpc) is 3.23. The molecule has 26 heavy (non-hydrogen) atoms. The number of aromatic nitrogens is 2. The number of likely N-dealkylation sites (tertiary alicyclic amines) is 1. The summed E-state index contributed by atoms with van der Waals surface area (Å²) in [6.07, 6.45) is -2.71. The Hall–Kier alpha value is -2.29. The standard InChI is InChI=1S/C17H21F3N4O2/c1-11-2-3-13(26-11)10-24-6-4-12(5-7-24)9-21-16(25)14-8-15(23-22-14)17(18,19)20/h2-3,8,12H,4-7,9-10H2,1H3,(H,21,25)(H,22,23). The van der Waals surface area contributed by atoms with Crippen molar-refractivity contribution in [2.24, 2.45) is 5.92 Å². The summed E-state index contributed by atoms with van der Waals surface area (Å²) in [5, 5.41) is 7.95. The molecular weight excluding hydrogens is 349 g/mol. The van der Waals surface area contributed by atoms with Gasteiger partial charge >= 0.3 is 6.18 Å². The van der Waals surface area contributed by atoms with Crippen molar-refractivity contribution in [3.8, 4) is 0 Å². The van der Waals surface area contributed by atoms with Crippen molar-refractivity contribution in [3.63, 3.8) is 0 Å². The monoisotopic (exact) mass is 370 g/mol. The predicted octanol–water partition coefficient (Wildman–Crippen LogP) is 2.97. The Morgan fingerprint density at radius 3 is 2.69 bits per heavy atom. The van der Waals surface area contributed by atoms with E-state index in [1.165, 1.54) is 0 Å². The summed E-state index contributed by atoms with van der Waals surface area (Å²) in [7, 11) is 0. The van der Waals surface area contributed by atoms with Crippen LogP contribution in [-0.2, 0) is 12.7 Å². The largest absolute Gasteiger partial charge is 0.465 e. The summed E-state index contributed by atoms with van der Waals surface area (Å²) in [5.41, 5.74) is -1.27. The lowest BCUT2D eigenvalue weighted by Crippen LogP contribution is -2.38. The maximum absolute atomic E-state index is 12.5. The van der Waals surface area contributed by atoms with Gasteiger partial charge in [0.2, 0.25) is 0 Å². The van der Waals surface area contributed by atoms with Gasteiger partial charge in [-0.25, -0.2) is 0 Å². The van der Waals surface area contributed by atoms with E-state index in [1.54, 1.807) is 0 Å². The average molecular weight is 370 g/mol. The Morgan fingerprint density at radius 1 is 1.38 bits per heavy atom. The highest BCUT2D eigenvalue weighted by Gasteiger charge is 2.33. The number of piperidine rings is 1. The number of hydrogen-bond donors (Lipinski definition) is 2. The van der Waals surface area contributed by atoms with Crippen molar-refractivity contribution in [1.29, 1.82) is 0 Å². The summed E-state index contributed by atoms with van der Waals surface area (Å²) in [4.78, 5) is 14.2. The second kappa shape index (κ2) is 7.53. The van der Waals surface area contributed by atoms with Gasteiger partial charge in [-0.3, -0.25) is 14.8 Å². The number of aromatic amines is 1. The van der Waals surface area contributed by atoms with E-state index in [0.29, 0.717) is 12.5 Å². The smallest absolute Gasteiger partial charge is 0.432 e. The summed E-state index contributed by atoms with van der Waals surface area (Å²) in [5.74, 6) is 1.54. The normalized spacial score (nSPS) is 16.8. The Morgan fingerprint density at radius 2 is 2.12 bits per heavy atom. The molecule has 0 aliphatic carbocycles. The number of rotatable bonds is 5. The highest BCUT2D eigenvalue weighted by Crippen LogP contribution is 2.27. The van der Waals surface area contributed by atoms with Crippen molar-refractivity contribution in [3.05, 3.63) is 41.1 Å². The van der Waals surface area contributed by atoms with Crippen LogP contribution in [0.4, 0.5) is 13.2 Å². The molecule has 1 aliphatic heterocycles. The minimum atomic E-state index is -4.54. The molecule has 0 spiro atoms. The summed E-state index contributed by atoms with van der Waals surface area (Å²) in [6, 6.07) is 4.64. The number of furan rings is 1. The van der Waals surface area contributed by atoms with Crippen LogP contribution in [0.2, 0.25) is 0 Å². The van der Waals surface area contributed by atoms with Gasteiger partial charge in [-0.05, 0) is 50.9 Å². The third kappa shape index (κ3) is 4.66. The van der Waals surface area contributed by atoms with Crippen LogP contribution in [0.1, 0.15) is 40.5 Å². The van der Waals surface area contributed by atoms with Crippen LogP contribution in [0.5, 0.6) is 0 Å². The van der Waals surface area contributed by atoms with Gasteiger partial charge in [0.05, 0.1) is 6.54 Å². The molecule has 2 N–H and O–H groups in total. The molecule has 1 aliphatic rings. The highest BCUT2D eigenvalue weighted by atomic mass is 19.4. The van der Waals surface area contributed by atoms with Gasteiger partial charge in [0.25, 0.3) is 5.91 Å². The van der Waals surface area contributed by atoms with Gasteiger partial charge in [0.15, 0.2) is 5.69 Å². The van der Waals surface area contributed by atoms with Crippen LogP contribution in [0, 0.1) is 12.8 Å². The van der Waals surface area contributed by atoms with Crippen LogP contribution >= 0.6 is 0 Å². The zero-order valence-corrected chi connectivity index (χ0v) is 14.4. The molecule has 6 nitrogen and oxygen atoms in total. The number of hydrogen-bond acceptors (Lipinski definition) is 4. The molecule has 2 aromatic heterocycles. The van der Waals surface area contributed by atoms with Gasteiger partial charge < -0.3 is 9.73 Å². The van der Waals surface area contributed by atoms with Gasteiger partial charge in [0.1, 0.15) is 17.2 Å². The number of carbonyl (C=O) groups excluding carboxylic acids is 1. The molecule has 0 unspecified atom stereocenters. The van der Waals surface area contributed by atoms with E-state index in [2.05, 4.69) is 15.3 Å². The lowest BCUT2D eigenvalue weighted by molar-refractivity contribution is -0.141. The zero-order valence-electron chi connectivity index (χ0n) is 14.4. The molecule has 9 heteroatoms. The number of halogens is 3. The molecule has 0 atom stereocenters. The number of aryl methyl sites for hydroxylation is 1. The summed E-state index contributed by atoms with van der Waals surface area (Å²) >= 11 is 0. The first-order valence-electron chi connectivity index (χ1n) is 8.50. The van der Waals surface area contributed by atoms with E-state index in [4.69, 9.17) is 4.42 Å². The first-order chi connectivity index (χ1) is 12.3. The minimum Gasteiger partial charge on any atom is -0.465 e. The fourth-order valence-electron chi connectivity index (χ4n) is 3.05. The van der Waals surface area contributed by atoms with Crippen LogP contribution in [0.3, 0.4) is 0 Å². The molecule has 3 rings (SSSR count). The van der Waals surface area contributed by atoms with Crippen molar-refractivity contribution in [1.82, 2.24) is 20.4 Å². The van der Waals surface area contributed by atoms with Gasteiger partial charge in [-0.2, -0.15) is 18.3 Å². The summed E-state index contributed by atoms with van der Waals surface area (Å²) in [6.45, 7) is 4.89. The van der Waals surface area contributed by atoms with E-state index >= 15 is 0 Å². The number of nitrogens with one attached hydrogen (secondary N) is 2. The van der Waals surface area contributed by atoms with Crippen LogP contribution < -0.4 is 5.32 Å². The van der Waals surface area contributed by atoms with E-state index < -0.39 is 17.8 Å². The van der Waals surface area contributed by atoms with E-state index in [9.17, 15) is 18.0 Å². The molecule has 1 amide bonds. The Kier molecular flexibility index (Phi) is 5.36. The lowest BCUT2D eigenvalue weighted by Gasteiger charge is -2.31. The van der Waals surface area contributed by atoms with Crippen LogP contribution in [0.25, 0.3) is 0 Å². The Labute approximate surface area is 148 Å². The molecule has 2 aromatic rings. The van der Waals surface area contributed by atoms with Crippen LogP contribution in [0.15, 0.2) is 22.6 Å². The Balaban J connectivity index is 1.42. The van der Waals surface area contributed by atoms with Crippen molar-refractivity contribution < 1.29 is 22.4 Å². The third-order valence-corrected chi connectivity index (χ3v) is 4.55. The third-order valence-electron chi connectivity index (χ3n) is 4.55. The number of H-pyrrole nitrogens is 1. The van der Waals surface area contributed by atoms with E-state index in [1.807, 2.05) is 24.2 Å². The minimum absolute atomic E-state index is 0.247. The first-order valence-corrected chi connectivity index (χ1v) is 8.50. The van der Waals surface area contributed by atoms with E-state index in [0.717, 1.165) is 50.1 Å². The number of amides is 1. The molecular formula is C17H21F3N4O2. The molecule has 0 saturated carbocycles. The Bertz CT molecular complexity index is 745. The maximum Gasteiger partial charge on any atom is 0.432 e. The van der Waals surface area contributed by atoms with Gasteiger partial charge in [-0.15, -0.1) is 0 Å². The number of nitrogens with zero attached hydrogens (tertiary/aromatic N) is 2. The zero-order chi connectivity index (χ0) is 18.7. The SMILES string of the molecule is Cc1ccc(CN2CCC(CNC(=O)c3cc(C(F)(F)F)[nH]n3)CC2)o1. The van der Waals surface area contributed by atoms with Gasteiger partial charge in [0, 0.05) is 12.6 Å². The second-order valence-electron chi connectivity index (χ2n) is 6.61. The molecule has 0 bridgehead atoms. The fraction of sp³-hybridized carbons (Fsp3) is 0.529. The van der Waals surface area contributed by atoms with Crippen LogP contribution in [-0.4, -0.2) is 40.6 Å². The van der Waals surface area contributed by atoms with Crippen molar-refractivity contribution in [2.75, 3.05) is 19.6 Å². The van der Waals surface area contributed by atoms with Crippen molar-refractivity contribution >= 4 is 5.91 Å². The van der Waals surface area contributed by atoms with E-state index in [-0.39, 0.29) is 5.69 Å².